The summed E-state index contributed by atoms with van der Waals surface area (Å²) in [5.74, 6) is -1.96. The minimum atomic E-state index is -0.981. The molecule has 1 N–H and O–H groups in total. The molecule has 0 aromatic heterocycles. The van der Waals surface area contributed by atoms with Gasteiger partial charge >= 0.3 is 0 Å². The van der Waals surface area contributed by atoms with E-state index in [9.17, 15) is 18.9 Å². The van der Waals surface area contributed by atoms with Crippen LogP contribution in [0.5, 0.6) is 0 Å². The Hall–Kier alpha value is -2.50. The molecule has 20 heavy (non-hydrogen) atoms. The van der Waals surface area contributed by atoms with Crippen molar-refractivity contribution in [3.63, 3.8) is 0 Å². The van der Waals surface area contributed by atoms with Gasteiger partial charge in [0.1, 0.15) is 5.69 Å². The summed E-state index contributed by atoms with van der Waals surface area (Å²) in [6.07, 6.45) is 0. The van der Waals surface area contributed by atoms with Crippen LogP contribution < -0.4 is 5.32 Å². The zero-order chi connectivity index (χ0) is 14.7. The van der Waals surface area contributed by atoms with Crippen molar-refractivity contribution in [3.05, 3.63) is 69.3 Å². The molecule has 0 aliphatic heterocycles. The second kappa shape index (κ2) is 5.64. The summed E-state index contributed by atoms with van der Waals surface area (Å²) in [5.41, 5.74) is 0.910. The highest BCUT2D eigenvalue weighted by atomic mass is 19.1. The first-order valence-electron chi connectivity index (χ1n) is 5.91. The van der Waals surface area contributed by atoms with Crippen LogP contribution in [0.1, 0.15) is 11.1 Å². The van der Waals surface area contributed by atoms with Gasteiger partial charge in [0.15, 0.2) is 11.6 Å². The number of hydrogen-bond acceptors (Lipinski definition) is 3. The van der Waals surface area contributed by atoms with E-state index < -0.39 is 22.2 Å². The first-order valence-corrected chi connectivity index (χ1v) is 5.91. The van der Waals surface area contributed by atoms with Crippen LogP contribution in [0.3, 0.4) is 0 Å². The fraction of sp³-hybridized carbons (Fsp3) is 0.143. The predicted molar refractivity (Wildman–Crippen MR) is 71.5 cm³/mol. The smallest absolute Gasteiger partial charge is 0.275 e. The molecule has 0 saturated carbocycles. The van der Waals surface area contributed by atoms with Gasteiger partial charge in [-0.3, -0.25) is 10.1 Å². The topological polar surface area (TPSA) is 55.2 Å². The molecule has 0 fully saturated rings. The highest BCUT2D eigenvalue weighted by Crippen LogP contribution is 2.25. The Morgan fingerprint density at radius 2 is 1.80 bits per heavy atom. The Labute approximate surface area is 114 Å². The number of benzene rings is 2. The summed E-state index contributed by atoms with van der Waals surface area (Å²) in [6, 6.07) is 8.81. The third kappa shape index (κ3) is 2.90. The quantitative estimate of drug-likeness (QED) is 0.683. The minimum absolute atomic E-state index is 0.234. The average Bonchev–Trinajstić information content (AvgIpc) is 2.39. The van der Waals surface area contributed by atoms with Crippen molar-refractivity contribution in [1.29, 1.82) is 0 Å². The number of halogens is 2. The molecule has 104 valence electrons. The predicted octanol–water partition coefficient (Wildman–Crippen LogP) is 3.79. The van der Waals surface area contributed by atoms with E-state index in [1.807, 2.05) is 31.2 Å². The maximum atomic E-state index is 13.7. The largest absolute Gasteiger partial charge is 0.376 e. The summed E-state index contributed by atoms with van der Waals surface area (Å²) in [7, 11) is 0. The van der Waals surface area contributed by atoms with Crippen LogP contribution in [-0.4, -0.2) is 4.92 Å². The van der Waals surface area contributed by atoms with Crippen LogP contribution in [0.25, 0.3) is 0 Å². The Morgan fingerprint density at radius 3 is 2.35 bits per heavy atom. The Kier molecular flexibility index (Phi) is 3.93. The minimum Gasteiger partial charge on any atom is -0.376 e. The maximum absolute atomic E-state index is 13.7. The lowest BCUT2D eigenvalue weighted by molar-refractivity contribution is -0.385. The number of rotatable bonds is 4. The third-order valence-electron chi connectivity index (χ3n) is 2.95. The summed E-state index contributed by atoms with van der Waals surface area (Å²) < 4.78 is 27.3. The number of nitrogens with one attached hydrogen (secondary N) is 1. The molecule has 0 aliphatic carbocycles. The monoisotopic (exact) mass is 278 g/mol. The Morgan fingerprint density at radius 1 is 1.20 bits per heavy atom. The number of nitro groups is 1. The molecule has 0 radical (unpaired) electrons. The molecule has 6 heteroatoms. The van der Waals surface area contributed by atoms with Gasteiger partial charge in [-0.05, 0) is 18.1 Å². The number of non-ortho nitro benzene ring substituents is 1. The van der Waals surface area contributed by atoms with Gasteiger partial charge < -0.3 is 5.32 Å². The molecule has 0 amide bonds. The van der Waals surface area contributed by atoms with Crippen LogP contribution >= 0.6 is 0 Å². The van der Waals surface area contributed by atoms with Crippen molar-refractivity contribution in [3.8, 4) is 0 Å². The van der Waals surface area contributed by atoms with Crippen molar-refractivity contribution in [2.45, 2.75) is 13.5 Å². The molecule has 0 aliphatic rings. The van der Waals surface area contributed by atoms with Crippen LogP contribution in [0, 0.1) is 28.7 Å². The van der Waals surface area contributed by atoms with E-state index in [1.54, 1.807) is 0 Å². The van der Waals surface area contributed by atoms with Crippen LogP contribution in [-0.2, 0) is 6.54 Å². The highest BCUT2D eigenvalue weighted by Gasteiger charge is 2.16. The molecular formula is C14H12F2N2O2. The normalized spacial score (nSPS) is 10.3. The fourth-order valence-corrected chi connectivity index (χ4v) is 1.83. The molecule has 0 bridgehead atoms. The summed E-state index contributed by atoms with van der Waals surface area (Å²) in [4.78, 5) is 9.66. The second-order valence-corrected chi connectivity index (χ2v) is 4.32. The van der Waals surface area contributed by atoms with Crippen molar-refractivity contribution in [2.24, 2.45) is 0 Å². The molecule has 0 atom stereocenters. The maximum Gasteiger partial charge on any atom is 0.275 e. The lowest BCUT2D eigenvalue weighted by Crippen LogP contribution is -2.06. The Balaban J connectivity index is 2.22. The third-order valence-corrected chi connectivity index (χ3v) is 2.95. The molecule has 4 nitrogen and oxygen atoms in total. The number of aryl methyl sites for hydroxylation is 1. The van der Waals surface area contributed by atoms with Crippen LogP contribution in [0.4, 0.5) is 20.2 Å². The molecule has 0 unspecified atom stereocenters. The van der Waals surface area contributed by atoms with E-state index >= 15 is 0 Å². The zero-order valence-corrected chi connectivity index (χ0v) is 10.7. The second-order valence-electron chi connectivity index (χ2n) is 4.32. The Bertz CT molecular complexity index is 636. The summed E-state index contributed by atoms with van der Waals surface area (Å²) >= 11 is 0. The molecule has 2 aromatic rings. The number of nitro benzene ring substituents is 1. The van der Waals surface area contributed by atoms with Gasteiger partial charge in [-0.15, -0.1) is 0 Å². The molecule has 2 aromatic carbocycles. The molecule has 0 spiro atoms. The van der Waals surface area contributed by atoms with Gasteiger partial charge in [0.05, 0.1) is 17.1 Å². The molecule has 0 heterocycles. The van der Waals surface area contributed by atoms with Gasteiger partial charge in [-0.2, -0.15) is 0 Å². The SMILES string of the molecule is Cc1ccccc1CNc1c(F)cc([N+](=O)[O-])cc1F. The van der Waals surface area contributed by atoms with E-state index in [-0.39, 0.29) is 12.2 Å². The van der Waals surface area contributed by atoms with Gasteiger partial charge in [-0.1, -0.05) is 24.3 Å². The van der Waals surface area contributed by atoms with Crippen molar-refractivity contribution < 1.29 is 13.7 Å². The molecular weight excluding hydrogens is 266 g/mol. The lowest BCUT2D eigenvalue weighted by atomic mass is 10.1. The van der Waals surface area contributed by atoms with Gasteiger partial charge in [0, 0.05) is 6.54 Å². The number of nitrogens with zero attached hydrogens (tertiary/aromatic N) is 1. The van der Waals surface area contributed by atoms with E-state index in [0.717, 1.165) is 11.1 Å². The van der Waals surface area contributed by atoms with Crippen LogP contribution in [0.2, 0.25) is 0 Å². The van der Waals surface area contributed by atoms with Crippen molar-refractivity contribution >= 4 is 11.4 Å². The zero-order valence-electron chi connectivity index (χ0n) is 10.7. The summed E-state index contributed by atoms with van der Waals surface area (Å²) in [5, 5.41) is 13.1. The first-order chi connectivity index (χ1) is 9.49. The average molecular weight is 278 g/mol. The van der Waals surface area contributed by atoms with Crippen molar-refractivity contribution in [1.82, 2.24) is 0 Å². The lowest BCUT2D eigenvalue weighted by Gasteiger charge is -2.10. The number of anilines is 1. The van der Waals surface area contributed by atoms with Crippen LogP contribution in [0.15, 0.2) is 36.4 Å². The van der Waals surface area contributed by atoms with Gasteiger partial charge in [0.25, 0.3) is 5.69 Å². The standard InChI is InChI=1S/C14H12F2N2O2/c1-9-4-2-3-5-10(9)8-17-14-12(15)6-11(18(19)20)7-13(14)16/h2-7,17H,8H2,1H3. The van der Waals surface area contributed by atoms with E-state index in [1.165, 1.54) is 0 Å². The van der Waals surface area contributed by atoms with Gasteiger partial charge in [0.2, 0.25) is 0 Å². The summed E-state index contributed by atoms with van der Waals surface area (Å²) in [6.45, 7) is 2.12. The van der Waals surface area contributed by atoms with E-state index in [4.69, 9.17) is 0 Å². The van der Waals surface area contributed by atoms with Gasteiger partial charge in [-0.25, -0.2) is 8.78 Å². The molecule has 2 rings (SSSR count). The fourth-order valence-electron chi connectivity index (χ4n) is 1.83. The first kappa shape index (κ1) is 13.9. The van der Waals surface area contributed by atoms with Crippen molar-refractivity contribution in [2.75, 3.05) is 5.32 Å². The number of hydrogen-bond donors (Lipinski definition) is 1. The highest BCUT2D eigenvalue weighted by molar-refractivity contribution is 5.52. The van der Waals surface area contributed by atoms with E-state index in [0.29, 0.717) is 12.1 Å². The molecule has 0 saturated heterocycles. The van der Waals surface area contributed by atoms with E-state index in [2.05, 4.69) is 5.32 Å².